The van der Waals surface area contributed by atoms with Gasteiger partial charge in [-0.2, -0.15) is 0 Å². The van der Waals surface area contributed by atoms with Crippen molar-refractivity contribution < 1.29 is 23.0 Å². The number of amides is 1. The zero-order valence-corrected chi connectivity index (χ0v) is 18.4. The molecule has 2 aliphatic heterocycles. The number of benzene rings is 2. The van der Waals surface area contributed by atoms with Crippen molar-refractivity contribution in [1.82, 2.24) is 14.0 Å². The molecule has 9 heteroatoms. The predicted molar refractivity (Wildman–Crippen MR) is 122 cm³/mol. The van der Waals surface area contributed by atoms with Crippen LogP contribution in [0.2, 0.25) is 0 Å². The third-order valence-electron chi connectivity index (χ3n) is 6.66. The van der Waals surface area contributed by atoms with Crippen molar-refractivity contribution in [2.75, 3.05) is 19.9 Å². The first-order chi connectivity index (χ1) is 16.4. The molecule has 2 aromatic carbocycles. The molecule has 0 aliphatic carbocycles. The lowest BCUT2D eigenvalue weighted by molar-refractivity contribution is 0.0668. The lowest BCUT2D eigenvalue weighted by Crippen LogP contribution is -2.39. The Labute approximate surface area is 192 Å². The van der Waals surface area contributed by atoms with E-state index in [1.807, 2.05) is 0 Å². The molecule has 0 unspecified atom stereocenters. The maximum Gasteiger partial charge on any atom is 0.263 e. The largest absolute Gasteiger partial charge is 0.454 e. The van der Waals surface area contributed by atoms with Gasteiger partial charge in [-0.05, 0) is 43.2 Å². The molecular weight excluding hydrogens is 444 g/mol. The van der Waals surface area contributed by atoms with E-state index in [9.17, 15) is 18.4 Å². The monoisotopic (exact) mass is 465 g/mol. The fourth-order valence-corrected chi connectivity index (χ4v) is 4.82. The van der Waals surface area contributed by atoms with Gasteiger partial charge in [0.05, 0.1) is 22.2 Å². The summed E-state index contributed by atoms with van der Waals surface area (Å²) in [4.78, 5) is 28.8. The highest BCUT2D eigenvalue weighted by molar-refractivity contribution is 6.07. The summed E-state index contributed by atoms with van der Waals surface area (Å²) in [7, 11) is 1.79. The highest BCUT2D eigenvalue weighted by Gasteiger charge is 2.28. The highest BCUT2D eigenvalue weighted by Crippen LogP contribution is 2.37. The van der Waals surface area contributed by atoms with Crippen LogP contribution in [0.1, 0.15) is 23.2 Å². The van der Waals surface area contributed by atoms with Crippen molar-refractivity contribution in [2.45, 2.75) is 19.0 Å². The van der Waals surface area contributed by atoms with Crippen LogP contribution in [-0.4, -0.2) is 46.0 Å². The molecule has 1 amide bonds. The topological polar surface area (TPSA) is 65.7 Å². The van der Waals surface area contributed by atoms with Gasteiger partial charge in [-0.15, -0.1) is 0 Å². The number of piperidine rings is 1. The second kappa shape index (κ2) is 7.58. The standard InChI is InChI=1S/C25H21F2N3O4/c1-28-5-4-16-20(28)8-15(27)9-21(16)30-12-19(24(31)29-6-2-14(26)3-7-29)17-10-22-23(34-13-33-22)11-18(17)25(30)32/h4-5,8-12,14H,2-3,6-7,13H2,1H3. The van der Waals surface area contributed by atoms with Gasteiger partial charge in [-0.3, -0.25) is 14.2 Å². The zero-order chi connectivity index (χ0) is 23.6. The summed E-state index contributed by atoms with van der Waals surface area (Å²) < 4.78 is 42.3. The van der Waals surface area contributed by atoms with Gasteiger partial charge >= 0.3 is 0 Å². The SMILES string of the molecule is Cn1ccc2c(-n3cc(C(=O)N4CCC(F)CC4)c4cc5c(cc4c3=O)OCO5)cc(F)cc21. The summed E-state index contributed by atoms with van der Waals surface area (Å²) in [5.74, 6) is 0.0329. The minimum Gasteiger partial charge on any atom is -0.454 e. The first-order valence-electron chi connectivity index (χ1n) is 11.1. The summed E-state index contributed by atoms with van der Waals surface area (Å²) in [5, 5.41) is 1.34. The Morgan fingerprint density at radius 2 is 1.74 bits per heavy atom. The van der Waals surface area contributed by atoms with Crippen molar-refractivity contribution in [1.29, 1.82) is 0 Å². The molecule has 6 rings (SSSR count). The van der Waals surface area contributed by atoms with Gasteiger partial charge in [-0.1, -0.05) is 0 Å². The summed E-state index contributed by atoms with van der Waals surface area (Å²) in [6, 6.07) is 7.67. The Kier molecular flexibility index (Phi) is 4.62. The average molecular weight is 465 g/mol. The first kappa shape index (κ1) is 20.7. The van der Waals surface area contributed by atoms with E-state index in [2.05, 4.69) is 0 Å². The van der Waals surface area contributed by atoms with Gasteiger partial charge in [0.2, 0.25) is 6.79 Å². The molecule has 7 nitrogen and oxygen atoms in total. The summed E-state index contributed by atoms with van der Waals surface area (Å²) in [5.41, 5.74) is 0.795. The Balaban J connectivity index is 1.62. The minimum atomic E-state index is -0.928. The maximum atomic E-state index is 14.6. The van der Waals surface area contributed by atoms with E-state index >= 15 is 0 Å². The van der Waals surface area contributed by atoms with Crippen molar-refractivity contribution in [3.8, 4) is 17.2 Å². The number of fused-ring (bicyclic) bond motifs is 3. The lowest BCUT2D eigenvalue weighted by Gasteiger charge is -2.29. The number of halogens is 2. The van der Waals surface area contributed by atoms with Crippen LogP contribution in [-0.2, 0) is 7.05 Å². The number of rotatable bonds is 2. The number of carbonyl (C=O) groups excluding carboxylic acids is 1. The van der Waals surface area contributed by atoms with Gasteiger partial charge in [-0.25, -0.2) is 8.78 Å². The van der Waals surface area contributed by atoms with Gasteiger partial charge in [0.1, 0.15) is 12.0 Å². The Morgan fingerprint density at radius 3 is 2.47 bits per heavy atom. The Hall–Kier alpha value is -3.88. The van der Waals surface area contributed by atoms with Crippen LogP contribution in [0.4, 0.5) is 8.78 Å². The molecule has 1 saturated heterocycles. The fraction of sp³-hybridized carbons (Fsp3) is 0.280. The van der Waals surface area contributed by atoms with E-state index in [0.29, 0.717) is 33.5 Å². The van der Waals surface area contributed by atoms with Crippen LogP contribution >= 0.6 is 0 Å². The molecule has 2 aliphatic rings. The number of hydrogen-bond acceptors (Lipinski definition) is 4. The number of ether oxygens (including phenoxy) is 2. The molecule has 0 saturated carbocycles. The number of nitrogens with zero attached hydrogens (tertiary/aromatic N) is 3. The quantitative estimate of drug-likeness (QED) is 0.450. The van der Waals surface area contributed by atoms with Crippen molar-refractivity contribution in [3.05, 3.63) is 64.5 Å². The summed E-state index contributed by atoms with van der Waals surface area (Å²) in [6.07, 6.45) is 2.85. The zero-order valence-electron chi connectivity index (χ0n) is 18.4. The normalized spacial score (nSPS) is 16.0. The molecular formula is C25H21F2N3O4. The number of aryl methyl sites for hydroxylation is 1. The first-order valence-corrected chi connectivity index (χ1v) is 11.1. The van der Waals surface area contributed by atoms with Crippen molar-refractivity contribution in [3.63, 3.8) is 0 Å². The Bertz CT molecular complexity index is 1530. The summed E-state index contributed by atoms with van der Waals surface area (Å²) >= 11 is 0. The molecule has 4 aromatic rings. The third-order valence-corrected chi connectivity index (χ3v) is 6.66. The lowest BCUT2D eigenvalue weighted by atomic mass is 10.0. The van der Waals surface area contributed by atoms with E-state index in [-0.39, 0.29) is 49.6 Å². The van der Waals surface area contributed by atoms with Crippen LogP contribution in [0.5, 0.6) is 11.5 Å². The number of likely N-dealkylation sites (tertiary alicyclic amines) is 1. The minimum absolute atomic E-state index is 0.0155. The van der Waals surface area contributed by atoms with Crippen LogP contribution < -0.4 is 15.0 Å². The van der Waals surface area contributed by atoms with Crippen LogP contribution in [0.25, 0.3) is 27.4 Å². The van der Waals surface area contributed by atoms with Gasteiger partial charge in [0.15, 0.2) is 11.5 Å². The molecule has 1 fully saturated rings. The molecule has 34 heavy (non-hydrogen) atoms. The molecule has 4 heterocycles. The fourth-order valence-electron chi connectivity index (χ4n) is 4.82. The van der Waals surface area contributed by atoms with Gasteiger partial charge in [0.25, 0.3) is 11.5 Å². The molecule has 0 bridgehead atoms. The van der Waals surface area contributed by atoms with E-state index in [1.54, 1.807) is 40.9 Å². The van der Waals surface area contributed by atoms with E-state index in [0.717, 1.165) is 0 Å². The molecule has 2 aromatic heterocycles. The number of carbonyl (C=O) groups is 1. The second-order valence-electron chi connectivity index (χ2n) is 8.72. The summed E-state index contributed by atoms with van der Waals surface area (Å²) in [6.45, 7) is 0.587. The smallest absolute Gasteiger partial charge is 0.263 e. The Morgan fingerprint density at radius 1 is 1.03 bits per heavy atom. The number of alkyl halides is 1. The molecule has 0 spiro atoms. The molecule has 0 N–H and O–H groups in total. The average Bonchev–Trinajstić information content (AvgIpc) is 3.44. The van der Waals surface area contributed by atoms with E-state index in [4.69, 9.17) is 9.47 Å². The van der Waals surface area contributed by atoms with Crippen molar-refractivity contribution in [2.24, 2.45) is 7.05 Å². The van der Waals surface area contributed by atoms with Gasteiger partial charge in [0, 0.05) is 43.3 Å². The van der Waals surface area contributed by atoms with Crippen LogP contribution in [0.3, 0.4) is 0 Å². The van der Waals surface area contributed by atoms with Crippen LogP contribution in [0, 0.1) is 5.82 Å². The van der Waals surface area contributed by atoms with Crippen LogP contribution in [0.15, 0.2) is 47.5 Å². The predicted octanol–water partition coefficient (Wildman–Crippen LogP) is 3.92. The number of hydrogen-bond donors (Lipinski definition) is 0. The second-order valence-corrected chi connectivity index (χ2v) is 8.72. The number of aromatic nitrogens is 2. The molecule has 0 radical (unpaired) electrons. The highest BCUT2D eigenvalue weighted by atomic mass is 19.1. The maximum absolute atomic E-state index is 14.6. The van der Waals surface area contributed by atoms with E-state index < -0.39 is 17.5 Å². The number of pyridine rings is 1. The molecule has 0 atom stereocenters. The van der Waals surface area contributed by atoms with Gasteiger partial charge < -0.3 is 18.9 Å². The van der Waals surface area contributed by atoms with E-state index in [1.165, 1.54) is 22.9 Å². The third kappa shape index (κ3) is 3.14. The van der Waals surface area contributed by atoms with Crippen molar-refractivity contribution >= 4 is 27.6 Å². The molecule has 174 valence electrons.